The smallest absolute Gasteiger partial charge is 0.476 e. The fourth-order valence-corrected chi connectivity index (χ4v) is 4.70. The van der Waals surface area contributed by atoms with E-state index in [4.69, 9.17) is 10.5 Å². The molecular formula is C24H30F3N3O6. The van der Waals surface area contributed by atoms with Crippen LogP contribution < -0.4 is 21.1 Å². The molecule has 3 amide bonds. The first-order valence-electron chi connectivity index (χ1n) is 11.7. The molecule has 0 aliphatic carbocycles. The molecule has 2 aliphatic rings. The van der Waals surface area contributed by atoms with Crippen molar-refractivity contribution in [3.8, 4) is 5.75 Å². The normalized spacial score (nSPS) is 22.9. The second kappa shape index (κ2) is 10.9. The van der Waals surface area contributed by atoms with Gasteiger partial charge in [-0.2, -0.15) is 0 Å². The van der Waals surface area contributed by atoms with Crippen LogP contribution in [0.4, 0.5) is 13.2 Å². The van der Waals surface area contributed by atoms with Gasteiger partial charge >= 0.3 is 6.36 Å². The third kappa shape index (κ3) is 6.34. The predicted molar refractivity (Wildman–Crippen MR) is 120 cm³/mol. The maximum Gasteiger partial charge on any atom is 0.522 e. The number of amides is 3. The molecule has 1 aromatic carbocycles. The molecule has 198 valence electrons. The fourth-order valence-electron chi connectivity index (χ4n) is 4.70. The highest BCUT2D eigenvalue weighted by atomic mass is 19.4. The maximum absolute atomic E-state index is 13.6. The van der Waals surface area contributed by atoms with Gasteiger partial charge in [0.15, 0.2) is 5.78 Å². The second-order valence-corrected chi connectivity index (χ2v) is 9.60. The number of ether oxygens (including phenoxy) is 2. The van der Waals surface area contributed by atoms with E-state index >= 15 is 0 Å². The largest absolute Gasteiger partial charge is 0.522 e. The van der Waals surface area contributed by atoms with Crippen LogP contribution in [0.5, 0.6) is 5.75 Å². The third-order valence-corrected chi connectivity index (χ3v) is 6.49. The van der Waals surface area contributed by atoms with Gasteiger partial charge < -0.3 is 21.1 Å². The van der Waals surface area contributed by atoms with Gasteiger partial charge in [0.05, 0.1) is 12.0 Å². The summed E-state index contributed by atoms with van der Waals surface area (Å²) in [7, 11) is 0. The Morgan fingerprint density at radius 1 is 1.28 bits per heavy atom. The lowest BCUT2D eigenvalue weighted by molar-refractivity contribution is -0.321. The quantitative estimate of drug-likeness (QED) is 0.411. The van der Waals surface area contributed by atoms with Crippen LogP contribution in [0.2, 0.25) is 0 Å². The zero-order chi connectivity index (χ0) is 26.7. The number of hydrogen-bond acceptors (Lipinski definition) is 6. The number of nitrogens with one attached hydrogen (secondary N) is 2. The second-order valence-electron chi connectivity index (χ2n) is 9.60. The van der Waals surface area contributed by atoms with Crippen molar-refractivity contribution in [3.63, 3.8) is 0 Å². The van der Waals surface area contributed by atoms with Gasteiger partial charge in [-0.05, 0) is 36.8 Å². The number of ketones is 1. The van der Waals surface area contributed by atoms with Crippen molar-refractivity contribution in [2.45, 2.75) is 57.5 Å². The molecule has 3 rings (SSSR count). The molecule has 1 fully saturated rings. The van der Waals surface area contributed by atoms with Crippen LogP contribution >= 0.6 is 0 Å². The summed E-state index contributed by atoms with van der Waals surface area (Å²) in [5, 5.41) is 5.08. The Labute approximate surface area is 206 Å². The molecule has 0 saturated carbocycles. The number of para-hydroxylation sites is 1. The van der Waals surface area contributed by atoms with E-state index in [0.29, 0.717) is 24.3 Å². The highest BCUT2D eigenvalue weighted by Gasteiger charge is 2.54. The van der Waals surface area contributed by atoms with E-state index in [0.717, 1.165) is 0 Å². The summed E-state index contributed by atoms with van der Waals surface area (Å²) in [6.45, 7) is 2.66. The number of halogens is 3. The van der Waals surface area contributed by atoms with Crippen molar-refractivity contribution in [2.75, 3.05) is 13.2 Å². The summed E-state index contributed by atoms with van der Waals surface area (Å²) in [6.07, 6.45) is -4.74. The zero-order valence-corrected chi connectivity index (χ0v) is 20.0. The van der Waals surface area contributed by atoms with E-state index in [-0.39, 0.29) is 31.1 Å². The van der Waals surface area contributed by atoms with Gasteiger partial charge in [-0.15, -0.1) is 13.2 Å². The first-order valence-corrected chi connectivity index (χ1v) is 11.7. The topological polar surface area (TPSA) is 137 Å². The molecule has 4 atom stereocenters. The summed E-state index contributed by atoms with van der Waals surface area (Å²) in [5.41, 5.74) is 4.68. The van der Waals surface area contributed by atoms with Gasteiger partial charge in [-0.1, -0.05) is 32.0 Å². The van der Waals surface area contributed by atoms with E-state index in [1.165, 1.54) is 0 Å². The summed E-state index contributed by atoms with van der Waals surface area (Å²) in [6, 6.07) is 5.39. The molecule has 0 radical (unpaired) electrons. The van der Waals surface area contributed by atoms with Crippen LogP contribution in [0, 0.1) is 17.8 Å². The molecule has 2 heterocycles. The molecule has 1 saturated heterocycles. The Balaban J connectivity index is 1.88. The number of Topliss-reactive ketones (excluding diaryl/α,β-unsaturated/α-hetero) is 1. The molecule has 1 aromatic rings. The van der Waals surface area contributed by atoms with Crippen LogP contribution in [0.3, 0.4) is 0 Å². The standard InChI is InChI=1S/C24H30F3N3O6/c1-13(2)9-16(23(22(28)34)11-15-5-3-4-6-19(15)36-23)21(33)30-17(10-14-7-8-29-20(14)32)18(31)12-35-24(25,26)27/h3-6,13-14,16-17H,7-12H2,1-2H3,(H2,28,34)(H,29,32)(H,30,33)/t14-,16+,17-,23?/m0/s1. The Morgan fingerprint density at radius 3 is 2.53 bits per heavy atom. The lowest BCUT2D eigenvalue weighted by Crippen LogP contribution is -2.60. The number of carbonyl (C=O) groups excluding carboxylic acids is 4. The van der Waals surface area contributed by atoms with Gasteiger partial charge in [0.25, 0.3) is 5.91 Å². The summed E-state index contributed by atoms with van der Waals surface area (Å²) in [5.74, 6) is -4.60. The first kappa shape index (κ1) is 27.4. The SMILES string of the molecule is CC(C)C[C@H](C(=O)N[C@@H](C[C@@H]1CCNC1=O)C(=O)COC(F)(F)F)C1(C(N)=O)Cc2ccccc2O1. The number of fused-ring (bicyclic) bond motifs is 1. The molecule has 0 bridgehead atoms. The molecule has 1 unspecified atom stereocenters. The number of primary amides is 1. The fraction of sp³-hybridized carbons (Fsp3) is 0.583. The van der Waals surface area contributed by atoms with Gasteiger partial charge in [0.2, 0.25) is 17.4 Å². The molecular weight excluding hydrogens is 483 g/mol. The molecule has 4 N–H and O–H groups in total. The van der Waals surface area contributed by atoms with Crippen LogP contribution in [-0.4, -0.2) is 54.7 Å². The summed E-state index contributed by atoms with van der Waals surface area (Å²) < 4.78 is 47.3. The van der Waals surface area contributed by atoms with Crippen molar-refractivity contribution in [1.82, 2.24) is 10.6 Å². The van der Waals surface area contributed by atoms with Gasteiger partial charge in [0, 0.05) is 18.9 Å². The Morgan fingerprint density at radius 2 is 1.97 bits per heavy atom. The van der Waals surface area contributed by atoms with Crippen LogP contribution in [-0.2, 0) is 30.3 Å². The van der Waals surface area contributed by atoms with E-state index < -0.39 is 54.0 Å². The third-order valence-electron chi connectivity index (χ3n) is 6.49. The van der Waals surface area contributed by atoms with Crippen LogP contribution in [0.15, 0.2) is 24.3 Å². The van der Waals surface area contributed by atoms with Crippen molar-refractivity contribution in [1.29, 1.82) is 0 Å². The van der Waals surface area contributed by atoms with Gasteiger partial charge in [0.1, 0.15) is 12.4 Å². The minimum Gasteiger partial charge on any atom is -0.476 e. The van der Waals surface area contributed by atoms with E-state index in [1.54, 1.807) is 24.3 Å². The minimum atomic E-state index is -5.05. The van der Waals surface area contributed by atoms with Crippen molar-refractivity contribution >= 4 is 23.5 Å². The number of nitrogens with two attached hydrogens (primary N) is 1. The number of carbonyl (C=O) groups is 4. The van der Waals surface area contributed by atoms with Crippen molar-refractivity contribution in [2.24, 2.45) is 23.5 Å². The lowest BCUT2D eigenvalue weighted by atomic mass is 9.77. The number of alkyl halides is 3. The molecule has 12 heteroatoms. The lowest BCUT2D eigenvalue weighted by Gasteiger charge is -2.35. The molecule has 36 heavy (non-hydrogen) atoms. The average Bonchev–Trinajstić information content (AvgIpc) is 3.38. The summed E-state index contributed by atoms with van der Waals surface area (Å²) in [4.78, 5) is 51.1. The Hall–Kier alpha value is -3.15. The molecule has 0 spiro atoms. The van der Waals surface area contributed by atoms with Crippen LogP contribution in [0.25, 0.3) is 0 Å². The van der Waals surface area contributed by atoms with Crippen molar-refractivity contribution in [3.05, 3.63) is 29.8 Å². The number of benzene rings is 1. The minimum absolute atomic E-state index is 0.0180. The van der Waals surface area contributed by atoms with Crippen LogP contribution in [0.1, 0.15) is 38.7 Å². The Bertz CT molecular complexity index is 988. The van der Waals surface area contributed by atoms with E-state index in [1.807, 2.05) is 13.8 Å². The van der Waals surface area contributed by atoms with E-state index in [2.05, 4.69) is 15.4 Å². The molecule has 0 aromatic heterocycles. The monoisotopic (exact) mass is 513 g/mol. The highest BCUT2D eigenvalue weighted by Crippen LogP contribution is 2.41. The number of hydrogen-bond donors (Lipinski definition) is 3. The van der Waals surface area contributed by atoms with Gasteiger partial charge in [-0.3, -0.25) is 23.9 Å². The Kier molecular flexibility index (Phi) is 8.27. The molecule has 2 aliphatic heterocycles. The molecule has 9 nitrogen and oxygen atoms in total. The van der Waals surface area contributed by atoms with Crippen molar-refractivity contribution < 1.29 is 41.8 Å². The summed E-state index contributed by atoms with van der Waals surface area (Å²) >= 11 is 0. The maximum atomic E-state index is 13.6. The first-order chi connectivity index (χ1) is 16.8. The number of rotatable bonds is 11. The average molecular weight is 514 g/mol. The zero-order valence-electron chi connectivity index (χ0n) is 20.0. The van der Waals surface area contributed by atoms with Gasteiger partial charge in [-0.25, -0.2) is 0 Å². The predicted octanol–water partition coefficient (Wildman–Crippen LogP) is 1.62. The highest BCUT2D eigenvalue weighted by molar-refractivity contribution is 5.96. The van der Waals surface area contributed by atoms with E-state index in [9.17, 15) is 32.3 Å².